The Balaban J connectivity index is 1.58. The topological polar surface area (TPSA) is 73.4 Å². The molecule has 0 radical (unpaired) electrons. The Morgan fingerprint density at radius 3 is 2.23 bits per heavy atom. The molecule has 0 aromatic heterocycles. The summed E-state index contributed by atoms with van der Waals surface area (Å²) in [4.78, 5) is 46.5. The second-order valence-electron chi connectivity index (χ2n) is 8.28. The van der Waals surface area contributed by atoms with Crippen molar-refractivity contribution in [1.82, 2.24) is 19.6 Å². The number of piperazine rings is 1. The summed E-state index contributed by atoms with van der Waals surface area (Å²) in [6.07, 6.45) is 0.796. The number of benzene rings is 1. The molecule has 0 bridgehead atoms. The average molecular weight is 427 g/mol. The number of carbonyl (C=O) groups is 3. The van der Waals surface area contributed by atoms with Crippen LogP contribution in [0.5, 0.6) is 0 Å². The Morgan fingerprint density at radius 2 is 1.61 bits per heavy atom. The van der Waals surface area contributed by atoms with Crippen molar-refractivity contribution in [2.45, 2.75) is 25.8 Å². The van der Waals surface area contributed by atoms with Crippen molar-refractivity contribution >= 4 is 23.5 Å². The van der Waals surface area contributed by atoms with Crippen LogP contribution in [0.15, 0.2) is 36.0 Å². The van der Waals surface area contributed by atoms with E-state index < -0.39 is 0 Å². The van der Waals surface area contributed by atoms with Gasteiger partial charge in [0.05, 0.1) is 12.2 Å². The van der Waals surface area contributed by atoms with Crippen molar-refractivity contribution in [3.8, 4) is 0 Å². The van der Waals surface area contributed by atoms with Gasteiger partial charge in [0.15, 0.2) is 0 Å². The highest BCUT2D eigenvalue weighted by Gasteiger charge is 2.45. The standard InChI is InChI=1S/C23H30N4O4/c1-3-31-23(30)26-11-9-18(10-12-26)27-21(28)19(17-7-5-4-6-8-17)20(22(27)29)25-15-13-24(2)14-16-25/h4-8,18H,3,9-16H2,1-2H3. The Bertz CT molecular complexity index is 869. The third kappa shape index (κ3) is 4.17. The second-order valence-corrected chi connectivity index (χ2v) is 8.28. The van der Waals surface area contributed by atoms with Gasteiger partial charge in [-0.3, -0.25) is 14.5 Å². The normalized spacial score (nSPS) is 21.3. The monoisotopic (exact) mass is 426 g/mol. The molecular formula is C23H30N4O4. The summed E-state index contributed by atoms with van der Waals surface area (Å²) in [6, 6.07) is 9.26. The van der Waals surface area contributed by atoms with Crippen LogP contribution < -0.4 is 0 Å². The number of carbonyl (C=O) groups excluding carboxylic acids is 3. The van der Waals surface area contributed by atoms with Gasteiger partial charge in [-0.15, -0.1) is 0 Å². The van der Waals surface area contributed by atoms with Gasteiger partial charge in [-0.2, -0.15) is 0 Å². The van der Waals surface area contributed by atoms with Crippen LogP contribution in [0.3, 0.4) is 0 Å². The van der Waals surface area contributed by atoms with Gasteiger partial charge in [0.25, 0.3) is 11.8 Å². The molecule has 0 N–H and O–H groups in total. The van der Waals surface area contributed by atoms with Crippen LogP contribution in [0.1, 0.15) is 25.3 Å². The van der Waals surface area contributed by atoms with Crippen molar-refractivity contribution in [2.24, 2.45) is 0 Å². The van der Waals surface area contributed by atoms with Gasteiger partial charge in [0.1, 0.15) is 5.70 Å². The molecule has 3 aliphatic rings. The molecule has 2 fully saturated rings. The molecule has 2 saturated heterocycles. The number of amides is 3. The first-order valence-electron chi connectivity index (χ1n) is 11.0. The van der Waals surface area contributed by atoms with Crippen molar-refractivity contribution in [3.63, 3.8) is 0 Å². The smallest absolute Gasteiger partial charge is 0.409 e. The van der Waals surface area contributed by atoms with Gasteiger partial charge in [0.2, 0.25) is 0 Å². The maximum absolute atomic E-state index is 13.6. The highest BCUT2D eigenvalue weighted by atomic mass is 16.6. The lowest BCUT2D eigenvalue weighted by atomic mass is 10.0. The van der Waals surface area contributed by atoms with Crippen LogP contribution in [0.25, 0.3) is 5.57 Å². The molecule has 8 nitrogen and oxygen atoms in total. The van der Waals surface area contributed by atoms with Crippen molar-refractivity contribution < 1.29 is 19.1 Å². The summed E-state index contributed by atoms with van der Waals surface area (Å²) in [5, 5.41) is 0. The molecule has 0 saturated carbocycles. The summed E-state index contributed by atoms with van der Waals surface area (Å²) < 4.78 is 5.08. The average Bonchev–Trinajstić information content (AvgIpc) is 3.05. The van der Waals surface area contributed by atoms with E-state index in [4.69, 9.17) is 4.74 Å². The molecule has 3 heterocycles. The molecule has 166 valence electrons. The van der Waals surface area contributed by atoms with Crippen LogP contribution in [0.2, 0.25) is 0 Å². The lowest BCUT2D eigenvalue weighted by Gasteiger charge is -2.37. The van der Waals surface area contributed by atoms with E-state index in [-0.39, 0.29) is 23.9 Å². The molecule has 31 heavy (non-hydrogen) atoms. The van der Waals surface area contributed by atoms with Gasteiger partial charge in [-0.25, -0.2) is 4.79 Å². The number of imide groups is 1. The van der Waals surface area contributed by atoms with E-state index >= 15 is 0 Å². The molecule has 1 aromatic rings. The zero-order chi connectivity index (χ0) is 22.0. The zero-order valence-corrected chi connectivity index (χ0v) is 18.2. The largest absolute Gasteiger partial charge is 0.450 e. The first-order chi connectivity index (χ1) is 15.0. The zero-order valence-electron chi connectivity index (χ0n) is 18.2. The Kier molecular flexibility index (Phi) is 6.27. The maximum Gasteiger partial charge on any atom is 0.409 e. The second kappa shape index (κ2) is 9.09. The predicted octanol–water partition coefficient (Wildman–Crippen LogP) is 1.63. The Hall–Kier alpha value is -2.87. The number of piperidine rings is 1. The van der Waals surface area contributed by atoms with Gasteiger partial charge < -0.3 is 19.4 Å². The van der Waals surface area contributed by atoms with Crippen molar-refractivity contribution in [2.75, 3.05) is 52.9 Å². The number of hydrogen-bond donors (Lipinski definition) is 0. The number of rotatable bonds is 4. The van der Waals surface area contributed by atoms with Crippen LogP contribution in [-0.2, 0) is 14.3 Å². The highest BCUT2D eigenvalue weighted by Crippen LogP contribution is 2.35. The molecule has 3 aliphatic heterocycles. The van der Waals surface area contributed by atoms with Gasteiger partial charge >= 0.3 is 6.09 Å². The highest BCUT2D eigenvalue weighted by molar-refractivity contribution is 6.35. The summed E-state index contributed by atoms with van der Waals surface area (Å²) >= 11 is 0. The maximum atomic E-state index is 13.6. The fourth-order valence-electron chi connectivity index (χ4n) is 4.58. The molecule has 4 rings (SSSR count). The number of likely N-dealkylation sites (tertiary alicyclic amines) is 1. The fraction of sp³-hybridized carbons (Fsp3) is 0.522. The third-order valence-corrected chi connectivity index (χ3v) is 6.33. The fourth-order valence-corrected chi connectivity index (χ4v) is 4.58. The summed E-state index contributed by atoms with van der Waals surface area (Å²) in [6.45, 7) is 6.21. The lowest BCUT2D eigenvalue weighted by Crippen LogP contribution is -2.50. The van der Waals surface area contributed by atoms with Crippen LogP contribution in [0.4, 0.5) is 4.79 Å². The first-order valence-corrected chi connectivity index (χ1v) is 11.0. The minimum absolute atomic E-state index is 0.206. The number of hydrogen-bond acceptors (Lipinski definition) is 6. The number of ether oxygens (including phenoxy) is 1. The molecule has 3 amide bonds. The number of nitrogens with zero attached hydrogens (tertiary/aromatic N) is 4. The SMILES string of the molecule is CCOC(=O)N1CCC(N2C(=O)C(c3ccccc3)=C(N3CCN(C)CC3)C2=O)CC1. The van der Waals surface area contributed by atoms with E-state index in [1.807, 2.05) is 30.3 Å². The minimum Gasteiger partial charge on any atom is -0.450 e. The van der Waals surface area contributed by atoms with E-state index in [1.54, 1.807) is 11.8 Å². The molecule has 0 aliphatic carbocycles. The Labute approximate surface area is 183 Å². The summed E-state index contributed by atoms with van der Waals surface area (Å²) in [5.74, 6) is -0.428. The van der Waals surface area contributed by atoms with E-state index in [1.165, 1.54) is 4.90 Å². The van der Waals surface area contributed by atoms with Crippen molar-refractivity contribution in [1.29, 1.82) is 0 Å². The van der Waals surface area contributed by atoms with Crippen LogP contribution >= 0.6 is 0 Å². The van der Waals surface area contributed by atoms with E-state index in [2.05, 4.69) is 16.8 Å². The van der Waals surface area contributed by atoms with Crippen LogP contribution in [0, 0.1) is 0 Å². The molecule has 1 aromatic carbocycles. The van der Waals surface area contributed by atoms with Crippen molar-refractivity contribution in [3.05, 3.63) is 41.6 Å². The van der Waals surface area contributed by atoms with Crippen LogP contribution in [-0.4, -0.2) is 96.5 Å². The van der Waals surface area contributed by atoms with Gasteiger partial charge in [-0.1, -0.05) is 30.3 Å². The summed E-state index contributed by atoms with van der Waals surface area (Å²) in [5.41, 5.74) is 1.81. The van der Waals surface area contributed by atoms with E-state index in [0.29, 0.717) is 43.8 Å². The quantitative estimate of drug-likeness (QED) is 0.682. The predicted molar refractivity (Wildman–Crippen MR) is 116 cm³/mol. The first kappa shape index (κ1) is 21.4. The Morgan fingerprint density at radius 1 is 0.968 bits per heavy atom. The third-order valence-electron chi connectivity index (χ3n) is 6.33. The van der Waals surface area contributed by atoms with Gasteiger partial charge in [0, 0.05) is 45.3 Å². The van der Waals surface area contributed by atoms with E-state index in [9.17, 15) is 14.4 Å². The minimum atomic E-state index is -0.332. The molecular weight excluding hydrogens is 396 g/mol. The summed E-state index contributed by atoms with van der Waals surface area (Å²) in [7, 11) is 2.06. The molecule has 0 spiro atoms. The van der Waals surface area contributed by atoms with Gasteiger partial charge in [-0.05, 0) is 32.4 Å². The number of likely N-dealkylation sites (N-methyl/N-ethyl adjacent to an activating group) is 1. The lowest BCUT2D eigenvalue weighted by molar-refractivity contribution is -0.141. The van der Waals surface area contributed by atoms with E-state index in [0.717, 1.165) is 31.7 Å². The molecule has 0 atom stereocenters. The molecule has 8 heteroatoms. The molecule has 0 unspecified atom stereocenters.